The van der Waals surface area contributed by atoms with Crippen molar-refractivity contribution in [3.63, 3.8) is 0 Å². The average Bonchev–Trinajstić information content (AvgIpc) is 2.69. The summed E-state index contributed by atoms with van der Waals surface area (Å²) in [5.41, 5.74) is 2.84. The summed E-state index contributed by atoms with van der Waals surface area (Å²) in [5, 5.41) is 2.98. The highest BCUT2D eigenvalue weighted by molar-refractivity contribution is 5.94. The van der Waals surface area contributed by atoms with Crippen LogP contribution in [0, 0.1) is 0 Å². The molecule has 0 aliphatic carbocycles. The number of nitrogens with one attached hydrogen (secondary N) is 1. The van der Waals surface area contributed by atoms with Crippen LogP contribution >= 0.6 is 0 Å². The highest BCUT2D eigenvalue weighted by Crippen LogP contribution is 2.12. The second-order valence-corrected chi connectivity index (χ2v) is 6.90. The van der Waals surface area contributed by atoms with Crippen molar-refractivity contribution < 1.29 is 9.53 Å². The van der Waals surface area contributed by atoms with E-state index in [0.29, 0.717) is 24.6 Å². The summed E-state index contributed by atoms with van der Waals surface area (Å²) in [6, 6.07) is 11.6. The van der Waals surface area contributed by atoms with Gasteiger partial charge >= 0.3 is 0 Å². The molecule has 1 aromatic carbocycles. The van der Waals surface area contributed by atoms with Crippen molar-refractivity contribution in [2.75, 3.05) is 39.8 Å². The Labute approximate surface area is 161 Å². The van der Waals surface area contributed by atoms with E-state index in [1.807, 2.05) is 37.3 Å². The van der Waals surface area contributed by atoms with Gasteiger partial charge in [0.2, 0.25) is 5.88 Å². The van der Waals surface area contributed by atoms with Crippen LogP contribution in [0.4, 0.5) is 0 Å². The molecule has 3 rings (SSSR count). The Kier molecular flexibility index (Phi) is 6.79. The second-order valence-electron chi connectivity index (χ2n) is 6.90. The maximum absolute atomic E-state index is 12.5. The number of rotatable bonds is 7. The number of carbonyl (C=O) groups excluding carboxylic acids is 1. The van der Waals surface area contributed by atoms with Gasteiger partial charge in [0.25, 0.3) is 5.91 Å². The van der Waals surface area contributed by atoms with E-state index in [0.717, 1.165) is 38.3 Å². The fraction of sp³-hybridized carbons (Fsp3) is 0.429. The molecule has 1 saturated heterocycles. The lowest BCUT2D eigenvalue weighted by Crippen LogP contribution is -2.43. The van der Waals surface area contributed by atoms with E-state index in [4.69, 9.17) is 4.74 Å². The van der Waals surface area contributed by atoms with E-state index >= 15 is 0 Å². The first-order valence-corrected chi connectivity index (χ1v) is 9.50. The predicted octanol–water partition coefficient (Wildman–Crippen LogP) is 2.16. The SMILES string of the molecule is CCOc1cc(CNC(=O)c2cccc(CN3CCN(C)CC3)c2)ccn1. The van der Waals surface area contributed by atoms with E-state index in [1.165, 1.54) is 5.56 Å². The van der Waals surface area contributed by atoms with Crippen molar-refractivity contribution in [1.29, 1.82) is 0 Å². The third kappa shape index (κ3) is 5.77. The number of hydrogen-bond acceptors (Lipinski definition) is 5. The van der Waals surface area contributed by atoms with Gasteiger partial charge < -0.3 is 15.0 Å². The third-order valence-electron chi connectivity index (χ3n) is 4.74. The van der Waals surface area contributed by atoms with Gasteiger partial charge in [-0.05, 0) is 43.3 Å². The van der Waals surface area contributed by atoms with E-state index in [1.54, 1.807) is 6.20 Å². The first kappa shape index (κ1) is 19.3. The summed E-state index contributed by atoms with van der Waals surface area (Å²) in [6.07, 6.45) is 1.70. The van der Waals surface area contributed by atoms with Crippen molar-refractivity contribution in [2.45, 2.75) is 20.0 Å². The van der Waals surface area contributed by atoms with Gasteiger partial charge in [0.15, 0.2) is 0 Å². The molecule has 27 heavy (non-hydrogen) atoms. The van der Waals surface area contributed by atoms with Gasteiger partial charge in [0.1, 0.15) is 0 Å². The minimum absolute atomic E-state index is 0.0648. The maximum atomic E-state index is 12.5. The minimum Gasteiger partial charge on any atom is -0.478 e. The molecule has 6 nitrogen and oxygen atoms in total. The first-order chi connectivity index (χ1) is 13.1. The van der Waals surface area contributed by atoms with Crippen LogP contribution < -0.4 is 10.1 Å². The molecule has 2 heterocycles. The molecule has 0 unspecified atom stereocenters. The second kappa shape index (κ2) is 9.48. The van der Waals surface area contributed by atoms with Crippen LogP contribution in [0.1, 0.15) is 28.4 Å². The van der Waals surface area contributed by atoms with Gasteiger partial charge in [-0.1, -0.05) is 12.1 Å². The number of benzene rings is 1. The molecule has 1 fully saturated rings. The number of ether oxygens (including phenoxy) is 1. The Morgan fingerprint density at radius 1 is 1.15 bits per heavy atom. The number of pyridine rings is 1. The van der Waals surface area contributed by atoms with Crippen LogP contribution in [0.25, 0.3) is 0 Å². The van der Waals surface area contributed by atoms with Crippen LogP contribution in [0.2, 0.25) is 0 Å². The number of carbonyl (C=O) groups is 1. The molecule has 6 heteroatoms. The Bertz CT molecular complexity index is 757. The summed E-state index contributed by atoms with van der Waals surface area (Å²) in [5.74, 6) is 0.517. The Hall–Kier alpha value is -2.44. The summed E-state index contributed by atoms with van der Waals surface area (Å²) in [6.45, 7) is 8.15. The van der Waals surface area contributed by atoms with Crippen LogP contribution in [0.15, 0.2) is 42.6 Å². The number of amides is 1. The Morgan fingerprint density at radius 2 is 1.96 bits per heavy atom. The summed E-state index contributed by atoms with van der Waals surface area (Å²) in [4.78, 5) is 21.5. The van der Waals surface area contributed by atoms with Crippen LogP contribution in [0.3, 0.4) is 0 Å². The van der Waals surface area contributed by atoms with E-state index in [2.05, 4.69) is 33.2 Å². The van der Waals surface area contributed by atoms with E-state index < -0.39 is 0 Å². The number of nitrogens with zero attached hydrogens (tertiary/aromatic N) is 3. The molecule has 0 saturated carbocycles. The van der Waals surface area contributed by atoms with Crippen molar-refractivity contribution in [3.8, 4) is 5.88 Å². The topological polar surface area (TPSA) is 57.7 Å². The van der Waals surface area contributed by atoms with Crippen molar-refractivity contribution in [3.05, 3.63) is 59.3 Å². The highest BCUT2D eigenvalue weighted by atomic mass is 16.5. The molecular weight excluding hydrogens is 340 g/mol. The quantitative estimate of drug-likeness (QED) is 0.812. The zero-order valence-electron chi connectivity index (χ0n) is 16.1. The van der Waals surface area contributed by atoms with Gasteiger partial charge in [0, 0.05) is 57.1 Å². The maximum Gasteiger partial charge on any atom is 0.251 e. The number of aromatic nitrogens is 1. The molecular formula is C21H28N4O2. The van der Waals surface area contributed by atoms with Gasteiger partial charge in [-0.25, -0.2) is 4.98 Å². The summed E-state index contributed by atoms with van der Waals surface area (Å²) < 4.78 is 5.40. The van der Waals surface area contributed by atoms with Gasteiger partial charge in [-0.2, -0.15) is 0 Å². The minimum atomic E-state index is -0.0648. The number of likely N-dealkylation sites (N-methyl/N-ethyl adjacent to an activating group) is 1. The molecule has 1 amide bonds. The number of hydrogen-bond donors (Lipinski definition) is 1. The normalized spacial score (nSPS) is 15.5. The molecule has 0 radical (unpaired) electrons. The van der Waals surface area contributed by atoms with E-state index in [9.17, 15) is 4.79 Å². The Morgan fingerprint density at radius 3 is 2.74 bits per heavy atom. The lowest BCUT2D eigenvalue weighted by atomic mass is 10.1. The molecule has 1 aromatic heterocycles. The predicted molar refractivity (Wildman–Crippen MR) is 106 cm³/mol. The Balaban J connectivity index is 1.56. The molecule has 2 aromatic rings. The van der Waals surface area contributed by atoms with Gasteiger partial charge in [-0.3, -0.25) is 9.69 Å². The van der Waals surface area contributed by atoms with Crippen molar-refractivity contribution in [2.24, 2.45) is 0 Å². The number of piperazine rings is 1. The monoisotopic (exact) mass is 368 g/mol. The zero-order chi connectivity index (χ0) is 19.1. The highest BCUT2D eigenvalue weighted by Gasteiger charge is 2.14. The molecule has 0 atom stereocenters. The average molecular weight is 368 g/mol. The zero-order valence-corrected chi connectivity index (χ0v) is 16.1. The standard InChI is InChI=1S/C21H28N4O2/c1-3-27-20-14-17(7-8-22-20)15-23-21(26)19-6-4-5-18(13-19)16-25-11-9-24(2)10-12-25/h4-8,13-14H,3,9-12,15-16H2,1-2H3,(H,23,26). The largest absolute Gasteiger partial charge is 0.478 e. The molecule has 144 valence electrons. The smallest absolute Gasteiger partial charge is 0.251 e. The van der Waals surface area contributed by atoms with Crippen LogP contribution in [-0.2, 0) is 13.1 Å². The molecule has 0 bridgehead atoms. The molecule has 1 aliphatic rings. The molecule has 0 spiro atoms. The van der Waals surface area contributed by atoms with Crippen molar-refractivity contribution in [1.82, 2.24) is 20.1 Å². The first-order valence-electron chi connectivity index (χ1n) is 9.50. The fourth-order valence-electron chi connectivity index (χ4n) is 3.15. The van der Waals surface area contributed by atoms with Crippen LogP contribution in [-0.4, -0.2) is 60.5 Å². The van der Waals surface area contributed by atoms with Gasteiger partial charge in [0.05, 0.1) is 6.61 Å². The lowest BCUT2D eigenvalue weighted by molar-refractivity contribution is 0.0950. The van der Waals surface area contributed by atoms with E-state index in [-0.39, 0.29) is 5.91 Å². The van der Waals surface area contributed by atoms with Crippen LogP contribution in [0.5, 0.6) is 5.88 Å². The molecule has 1 N–H and O–H groups in total. The van der Waals surface area contributed by atoms with Crippen molar-refractivity contribution >= 4 is 5.91 Å². The third-order valence-corrected chi connectivity index (χ3v) is 4.74. The fourth-order valence-corrected chi connectivity index (χ4v) is 3.15. The summed E-state index contributed by atoms with van der Waals surface area (Å²) >= 11 is 0. The molecule has 1 aliphatic heterocycles. The van der Waals surface area contributed by atoms with Gasteiger partial charge in [-0.15, -0.1) is 0 Å². The summed E-state index contributed by atoms with van der Waals surface area (Å²) in [7, 11) is 2.16. The lowest BCUT2D eigenvalue weighted by Gasteiger charge is -2.32.